The molecule has 0 atom stereocenters. The maximum Gasteiger partial charge on any atom is 0.351 e. The third kappa shape index (κ3) is 3.52. The van der Waals surface area contributed by atoms with Gasteiger partial charge in [0, 0.05) is 5.39 Å². The SMILES string of the molecule is O=C(COC(=O)c1cc2ccccc2oc1=O)NCc1ccco1. The molecule has 0 saturated heterocycles. The summed E-state index contributed by atoms with van der Waals surface area (Å²) in [4.78, 5) is 35.4. The lowest BCUT2D eigenvalue weighted by Crippen LogP contribution is -2.29. The summed E-state index contributed by atoms with van der Waals surface area (Å²) in [5, 5.41) is 3.11. The van der Waals surface area contributed by atoms with Gasteiger partial charge in [-0.3, -0.25) is 4.79 Å². The van der Waals surface area contributed by atoms with Gasteiger partial charge in [-0.1, -0.05) is 18.2 Å². The Morgan fingerprint density at radius 2 is 1.96 bits per heavy atom. The second kappa shape index (κ2) is 6.82. The van der Waals surface area contributed by atoms with E-state index in [0.717, 1.165) is 0 Å². The van der Waals surface area contributed by atoms with Crippen molar-refractivity contribution in [3.63, 3.8) is 0 Å². The van der Waals surface area contributed by atoms with Crippen LogP contribution in [0.4, 0.5) is 0 Å². The minimum atomic E-state index is -0.914. The lowest BCUT2D eigenvalue weighted by molar-refractivity contribution is -0.124. The zero-order valence-electron chi connectivity index (χ0n) is 12.5. The molecular weight excluding hydrogens is 314 g/mol. The fourth-order valence-corrected chi connectivity index (χ4v) is 2.06. The standard InChI is InChI=1S/C17H13NO6/c19-15(18-9-12-5-3-7-22-12)10-23-16(20)13-8-11-4-1-2-6-14(11)24-17(13)21/h1-8H,9-10H2,(H,18,19). The number of benzene rings is 1. The highest BCUT2D eigenvalue weighted by Crippen LogP contribution is 2.13. The number of rotatable bonds is 5. The molecule has 0 spiro atoms. The van der Waals surface area contributed by atoms with Gasteiger partial charge in [0.05, 0.1) is 12.8 Å². The highest BCUT2D eigenvalue weighted by atomic mass is 16.5. The van der Waals surface area contributed by atoms with Crippen LogP contribution in [0.1, 0.15) is 16.1 Å². The van der Waals surface area contributed by atoms with Crippen LogP contribution in [0.5, 0.6) is 0 Å². The van der Waals surface area contributed by atoms with Crippen LogP contribution in [0.15, 0.2) is 62.4 Å². The average molecular weight is 327 g/mol. The van der Waals surface area contributed by atoms with Crippen molar-refractivity contribution in [1.29, 1.82) is 0 Å². The molecule has 0 unspecified atom stereocenters. The van der Waals surface area contributed by atoms with Crippen LogP contribution < -0.4 is 10.9 Å². The Kier molecular flexibility index (Phi) is 4.42. The van der Waals surface area contributed by atoms with Crippen LogP contribution >= 0.6 is 0 Å². The van der Waals surface area contributed by atoms with Gasteiger partial charge in [0.25, 0.3) is 5.91 Å². The Labute approximate surface area is 135 Å². The Balaban J connectivity index is 1.61. The molecule has 0 aliphatic carbocycles. The number of hydrogen-bond donors (Lipinski definition) is 1. The molecule has 1 aromatic carbocycles. The molecule has 122 valence electrons. The van der Waals surface area contributed by atoms with Crippen molar-refractivity contribution in [2.45, 2.75) is 6.54 Å². The van der Waals surface area contributed by atoms with Crippen LogP contribution in [0, 0.1) is 0 Å². The topological polar surface area (TPSA) is 98.8 Å². The van der Waals surface area contributed by atoms with Gasteiger partial charge in [0.1, 0.15) is 16.9 Å². The zero-order chi connectivity index (χ0) is 16.9. The van der Waals surface area contributed by atoms with Gasteiger partial charge < -0.3 is 18.9 Å². The molecule has 24 heavy (non-hydrogen) atoms. The first-order chi connectivity index (χ1) is 11.6. The largest absolute Gasteiger partial charge is 0.467 e. The summed E-state index contributed by atoms with van der Waals surface area (Å²) in [5.74, 6) is -0.850. The highest BCUT2D eigenvalue weighted by molar-refractivity contribution is 5.94. The quantitative estimate of drug-likeness (QED) is 0.567. The molecule has 3 aromatic rings. The van der Waals surface area contributed by atoms with Gasteiger partial charge in [-0.2, -0.15) is 0 Å². The maximum atomic E-state index is 12.0. The number of para-hydroxylation sites is 1. The molecule has 0 radical (unpaired) electrons. The second-order valence-electron chi connectivity index (χ2n) is 4.92. The van der Waals surface area contributed by atoms with E-state index >= 15 is 0 Å². The van der Waals surface area contributed by atoms with Crippen molar-refractivity contribution in [1.82, 2.24) is 5.32 Å². The van der Waals surface area contributed by atoms with Crippen molar-refractivity contribution in [2.75, 3.05) is 6.61 Å². The number of hydrogen-bond acceptors (Lipinski definition) is 6. The molecule has 0 aliphatic rings. The molecule has 7 nitrogen and oxygen atoms in total. The molecule has 2 aromatic heterocycles. The summed E-state index contributed by atoms with van der Waals surface area (Å²) in [7, 11) is 0. The molecule has 0 saturated carbocycles. The van der Waals surface area contributed by atoms with E-state index in [4.69, 9.17) is 13.6 Å². The van der Waals surface area contributed by atoms with Gasteiger partial charge in [-0.15, -0.1) is 0 Å². The smallest absolute Gasteiger partial charge is 0.351 e. The molecule has 0 bridgehead atoms. The van der Waals surface area contributed by atoms with Gasteiger partial charge >= 0.3 is 11.6 Å². The Hall–Kier alpha value is -3.35. The monoisotopic (exact) mass is 327 g/mol. The summed E-state index contributed by atoms with van der Waals surface area (Å²) >= 11 is 0. The van der Waals surface area contributed by atoms with Crippen LogP contribution in [-0.2, 0) is 16.1 Å². The first kappa shape index (κ1) is 15.5. The molecule has 3 rings (SSSR count). The Bertz CT molecular complexity index is 926. The van der Waals surface area contributed by atoms with E-state index in [1.807, 2.05) is 0 Å². The van der Waals surface area contributed by atoms with E-state index in [1.54, 1.807) is 36.4 Å². The van der Waals surface area contributed by atoms with Gasteiger partial charge in [-0.25, -0.2) is 9.59 Å². The van der Waals surface area contributed by atoms with Crippen LogP contribution in [0.3, 0.4) is 0 Å². The molecule has 0 aliphatic heterocycles. The predicted octanol–water partition coefficient (Wildman–Crippen LogP) is 1.86. The summed E-state index contributed by atoms with van der Waals surface area (Å²) in [6.07, 6.45) is 1.49. The van der Waals surface area contributed by atoms with Crippen molar-refractivity contribution in [3.05, 3.63) is 70.5 Å². The summed E-state index contributed by atoms with van der Waals surface area (Å²) < 4.78 is 15.0. The molecule has 2 heterocycles. The fourth-order valence-electron chi connectivity index (χ4n) is 2.06. The molecule has 1 N–H and O–H groups in total. The van der Waals surface area contributed by atoms with E-state index in [9.17, 15) is 14.4 Å². The molecule has 0 fully saturated rings. The summed E-state index contributed by atoms with van der Waals surface area (Å²) in [6, 6.07) is 11.6. The van der Waals surface area contributed by atoms with Crippen molar-refractivity contribution in [3.8, 4) is 0 Å². The van der Waals surface area contributed by atoms with Crippen LogP contribution in [0.25, 0.3) is 11.0 Å². The van der Waals surface area contributed by atoms with E-state index in [-0.39, 0.29) is 12.1 Å². The normalized spacial score (nSPS) is 10.5. The molecule has 7 heteroatoms. The van der Waals surface area contributed by atoms with E-state index in [2.05, 4.69) is 5.32 Å². The van der Waals surface area contributed by atoms with Crippen molar-refractivity contribution in [2.24, 2.45) is 0 Å². The molecule has 1 amide bonds. The van der Waals surface area contributed by atoms with E-state index < -0.39 is 24.1 Å². The minimum absolute atomic E-state index is 0.182. The number of esters is 1. The molecular formula is C17H13NO6. The van der Waals surface area contributed by atoms with Crippen molar-refractivity contribution < 1.29 is 23.2 Å². The predicted molar refractivity (Wildman–Crippen MR) is 83.3 cm³/mol. The first-order valence-electron chi connectivity index (χ1n) is 7.12. The van der Waals surface area contributed by atoms with Crippen LogP contribution in [0.2, 0.25) is 0 Å². The first-order valence-corrected chi connectivity index (χ1v) is 7.12. The second-order valence-corrected chi connectivity index (χ2v) is 4.92. The number of amides is 1. The lowest BCUT2D eigenvalue weighted by atomic mass is 10.2. The summed E-state index contributed by atoms with van der Waals surface area (Å²) in [5.41, 5.74) is -0.697. The minimum Gasteiger partial charge on any atom is -0.467 e. The highest BCUT2D eigenvalue weighted by Gasteiger charge is 2.16. The number of nitrogens with one attached hydrogen (secondary N) is 1. The number of furan rings is 1. The maximum absolute atomic E-state index is 12.0. The third-order valence-electron chi connectivity index (χ3n) is 3.24. The van der Waals surface area contributed by atoms with Crippen LogP contribution in [-0.4, -0.2) is 18.5 Å². The number of ether oxygens (including phenoxy) is 1. The third-order valence-corrected chi connectivity index (χ3v) is 3.24. The van der Waals surface area contributed by atoms with E-state index in [1.165, 1.54) is 12.3 Å². The Morgan fingerprint density at radius 3 is 2.75 bits per heavy atom. The number of fused-ring (bicyclic) bond motifs is 1. The Morgan fingerprint density at radius 1 is 1.12 bits per heavy atom. The lowest BCUT2D eigenvalue weighted by Gasteiger charge is -2.05. The van der Waals surface area contributed by atoms with Gasteiger partial charge in [0.2, 0.25) is 0 Å². The number of carbonyl (C=O) groups excluding carboxylic acids is 2. The van der Waals surface area contributed by atoms with Crippen molar-refractivity contribution >= 4 is 22.8 Å². The number of carbonyl (C=O) groups is 2. The fraction of sp³-hybridized carbons (Fsp3) is 0.118. The zero-order valence-corrected chi connectivity index (χ0v) is 12.5. The average Bonchev–Trinajstić information content (AvgIpc) is 3.10. The van der Waals surface area contributed by atoms with Gasteiger partial charge in [-0.05, 0) is 24.3 Å². The van der Waals surface area contributed by atoms with Gasteiger partial charge in [0.15, 0.2) is 6.61 Å². The van der Waals surface area contributed by atoms with E-state index in [0.29, 0.717) is 16.7 Å². The summed E-state index contributed by atoms with van der Waals surface area (Å²) in [6.45, 7) is -0.326.